The summed E-state index contributed by atoms with van der Waals surface area (Å²) >= 11 is 4.09. The minimum Gasteiger partial charge on any atom is -0.482 e. The van der Waals surface area contributed by atoms with Gasteiger partial charge in [0.2, 0.25) is 35.4 Å². The molecule has 7 rings (SSSR count). The molecule has 3 saturated carbocycles. The molecule has 1 aromatic carbocycles. The minimum absolute atomic E-state index is 0.00258. The summed E-state index contributed by atoms with van der Waals surface area (Å²) in [6.45, 7) is 6.04. The molecule has 21 heteroatoms. The van der Waals surface area contributed by atoms with E-state index in [1.807, 2.05) is 36.4 Å². The van der Waals surface area contributed by atoms with E-state index >= 15 is 0 Å². The van der Waals surface area contributed by atoms with Crippen molar-refractivity contribution in [2.75, 3.05) is 45.5 Å². The maximum Gasteiger partial charge on any atom is 0.415 e. The first-order valence-electron chi connectivity index (χ1n) is 25.0. The van der Waals surface area contributed by atoms with Crippen LogP contribution in [0.5, 0.6) is 0 Å². The van der Waals surface area contributed by atoms with Crippen molar-refractivity contribution >= 4 is 59.9 Å². The van der Waals surface area contributed by atoms with E-state index in [4.69, 9.17) is 15.2 Å². The van der Waals surface area contributed by atoms with E-state index in [9.17, 15) is 43.5 Å². The molecule has 0 radical (unpaired) electrons. The Morgan fingerprint density at radius 3 is 2.30 bits per heavy atom. The zero-order valence-corrected chi connectivity index (χ0v) is 42.0. The van der Waals surface area contributed by atoms with Gasteiger partial charge in [0.15, 0.2) is 17.6 Å². The summed E-state index contributed by atoms with van der Waals surface area (Å²) in [6.07, 6.45) is 7.89. The summed E-state index contributed by atoms with van der Waals surface area (Å²) in [5.41, 5.74) is 5.13. The zero-order valence-electron chi connectivity index (χ0n) is 41.1. The van der Waals surface area contributed by atoms with Gasteiger partial charge in [0.25, 0.3) is 0 Å². The first-order chi connectivity index (χ1) is 33.9. The van der Waals surface area contributed by atoms with Gasteiger partial charge in [-0.2, -0.15) is 12.6 Å². The van der Waals surface area contributed by atoms with Crippen molar-refractivity contribution in [3.8, 4) is 0 Å². The second kappa shape index (κ2) is 22.9. The van der Waals surface area contributed by atoms with Crippen LogP contribution < -0.4 is 37.6 Å². The molecule has 4 aliphatic carbocycles. The van der Waals surface area contributed by atoms with E-state index in [1.54, 1.807) is 6.08 Å². The maximum atomic E-state index is 13.7. The lowest BCUT2D eigenvalue weighted by atomic mass is 9.44. The van der Waals surface area contributed by atoms with Gasteiger partial charge in [-0.05, 0) is 102 Å². The summed E-state index contributed by atoms with van der Waals surface area (Å²) < 4.78 is 12.5. The molecule has 388 valence electrons. The van der Waals surface area contributed by atoms with Crippen LogP contribution in [0, 0.1) is 23.2 Å². The second-order valence-corrected chi connectivity index (χ2v) is 20.6. The van der Waals surface area contributed by atoms with Crippen molar-refractivity contribution in [2.24, 2.45) is 28.9 Å². The van der Waals surface area contributed by atoms with E-state index in [-0.39, 0.29) is 73.6 Å². The lowest BCUT2D eigenvalue weighted by Crippen LogP contribution is -2.76. The van der Waals surface area contributed by atoms with Crippen LogP contribution in [-0.2, 0) is 49.5 Å². The van der Waals surface area contributed by atoms with Crippen molar-refractivity contribution in [3.63, 3.8) is 0 Å². The van der Waals surface area contributed by atoms with Crippen LogP contribution in [0.1, 0.15) is 84.1 Å². The topological polar surface area (TPSA) is 280 Å². The van der Waals surface area contributed by atoms with Crippen LogP contribution >= 0.6 is 12.6 Å². The van der Waals surface area contributed by atoms with Gasteiger partial charge in [0.05, 0.1) is 17.1 Å². The molecule has 2 saturated heterocycles. The third kappa shape index (κ3) is 11.9. The van der Waals surface area contributed by atoms with Gasteiger partial charge >= 0.3 is 6.09 Å². The van der Waals surface area contributed by atoms with Crippen molar-refractivity contribution in [1.29, 1.82) is 0 Å². The normalized spacial score (nSPS) is 27.1. The molecule has 6 aliphatic rings. The standard InChI is InChI=1S/C50H71N9O11S/c1-28(55-47(66)36(27-71)56-30(3)60)43(62)54-29(2)44(63)57-35(12-8-9-20-52-45(64)34(51)24-31-10-6-5-7-11-31)46(65)53-21-23-58(4)48(67)69-38-16-15-33-25-39-50(68)18-17-37(61)42-49(50,40(33)41(38)70-42)19-22-59(39)26-32-13-14-32/h5-7,10-11,15-16,28-29,32-36,39-40,42,68,71H,8-9,12-14,17-27,51H2,1-4H3,(H,52,64)(H,53,65)(H,54,62)(H,55,66)(H,56,60)(H,57,63)/t28?,29?,33?,34?,35?,36?,39-,40?,42+,49+,50-/m1/s1. The number of hydrogen-bond acceptors (Lipinski definition) is 14. The number of piperidine rings is 1. The van der Waals surface area contributed by atoms with E-state index in [0.29, 0.717) is 50.2 Å². The number of unbranched alkanes of at least 4 members (excludes halogenated alkanes) is 1. The molecule has 7 unspecified atom stereocenters. The molecule has 11 atom stereocenters. The highest BCUT2D eigenvalue weighted by Gasteiger charge is 2.77. The molecule has 1 aromatic rings. The van der Waals surface area contributed by atoms with Crippen LogP contribution in [0.3, 0.4) is 0 Å². The summed E-state index contributed by atoms with van der Waals surface area (Å²) in [7, 11) is 1.51. The predicted octanol–water partition coefficient (Wildman–Crippen LogP) is 0.337. The molecule has 2 bridgehead atoms. The van der Waals surface area contributed by atoms with Gasteiger partial charge in [-0.15, -0.1) is 0 Å². The number of amides is 7. The Bertz CT molecular complexity index is 2260. The largest absolute Gasteiger partial charge is 0.482 e. The Hall–Kier alpha value is -5.51. The highest BCUT2D eigenvalue weighted by molar-refractivity contribution is 7.80. The number of aliphatic hydroxyl groups is 1. The Labute approximate surface area is 420 Å². The van der Waals surface area contributed by atoms with Gasteiger partial charge in [-0.3, -0.25) is 38.5 Å². The number of thiol groups is 1. The summed E-state index contributed by atoms with van der Waals surface area (Å²) in [6, 6.07) is 4.24. The minimum atomic E-state index is -1.14. The van der Waals surface area contributed by atoms with E-state index in [2.05, 4.69) is 49.4 Å². The fraction of sp³-hybridized carbons (Fsp3) is 0.640. The number of benzene rings is 1. The van der Waals surface area contributed by atoms with Crippen LogP contribution in [0.15, 0.2) is 54.0 Å². The number of ether oxygens (including phenoxy) is 2. The average molecular weight is 1010 g/mol. The number of hydrogen-bond donors (Lipinski definition) is 9. The van der Waals surface area contributed by atoms with Gasteiger partial charge in [-0.1, -0.05) is 36.4 Å². The number of nitrogens with two attached hydrogens (primary N) is 1. The number of nitrogens with zero attached hydrogens (tertiary/aromatic N) is 2. The number of likely N-dealkylation sites (N-methyl/N-ethyl adjacent to an activating group) is 1. The quantitative estimate of drug-likeness (QED) is 0.0529. The fourth-order valence-corrected chi connectivity index (χ4v) is 11.5. The maximum absolute atomic E-state index is 13.7. The van der Waals surface area contributed by atoms with Gasteiger partial charge in [0, 0.05) is 64.3 Å². The molecule has 2 heterocycles. The molecule has 7 amide bonds. The third-order valence-electron chi connectivity index (χ3n) is 15.2. The highest BCUT2D eigenvalue weighted by Crippen LogP contribution is 2.69. The lowest BCUT2D eigenvalue weighted by molar-refractivity contribution is -0.244. The Morgan fingerprint density at radius 1 is 0.915 bits per heavy atom. The van der Waals surface area contributed by atoms with E-state index in [0.717, 1.165) is 18.7 Å². The Morgan fingerprint density at radius 2 is 1.61 bits per heavy atom. The van der Waals surface area contributed by atoms with Crippen LogP contribution in [-0.4, -0.2) is 156 Å². The molecule has 9 N–H and O–H groups in total. The van der Waals surface area contributed by atoms with Gasteiger partial charge in [-0.25, -0.2) is 4.79 Å². The van der Waals surface area contributed by atoms with Crippen LogP contribution in [0.25, 0.3) is 0 Å². The van der Waals surface area contributed by atoms with Crippen molar-refractivity contribution in [3.05, 3.63) is 59.6 Å². The van der Waals surface area contributed by atoms with Crippen LogP contribution in [0.2, 0.25) is 0 Å². The molecule has 0 aromatic heterocycles. The molecular weight excluding hydrogens is 935 g/mol. The molecule has 2 aliphatic heterocycles. The van der Waals surface area contributed by atoms with Gasteiger partial charge < -0.3 is 57.1 Å². The van der Waals surface area contributed by atoms with Crippen molar-refractivity contribution in [2.45, 2.75) is 133 Å². The third-order valence-corrected chi connectivity index (χ3v) is 15.5. The number of rotatable bonds is 23. The summed E-state index contributed by atoms with van der Waals surface area (Å²) in [5.74, 6) is -2.43. The monoisotopic (exact) mass is 1010 g/mol. The average Bonchev–Trinajstić information content (AvgIpc) is 4.09. The number of allylic oxidation sites excluding steroid dienone is 3. The molecule has 5 fully saturated rings. The predicted molar refractivity (Wildman–Crippen MR) is 263 cm³/mol. The highest BCUT2D eigenvalue weighted by atomic mass is 32.1. The zero-order chi connectivity index (χ0) is 51.2. The van der Waals surface area contributed by atoms with Gasteiger partial charge in [0.1, 0.15) is 29.9 Å². The van der Waals surface area contributed by atoms with Crippen molar-refractivity contribution < 1.29 is 52.9 Å². The second-order valence-electron chi connectivity index (χ2n) is 20.2. The first-order valence-corrected chi connectivity index (χ1v) is 25.6. The number of nitrogens with one attached hydrogen (secondary N) is 6. The lowest BCUT2D eigenvalue weighted by Gasteiger charge is -2.65. The number of likely N-dealkylation sites (tertiary alicyclic amines) is 1. The van der Waals surface area contributed by atoms with E-state index in [1.165, 1.54) is 45.6 Å². The first kappa shape index (κ1) is 53.3. The molecule has 71 heavy (non-hydrogen) atoms. The molecule has 20 nitrogen and oxygen atoms in total. The fourth-order valence-electron chi connectivity index (χ4n) is 11.2. The number of carbonyl (C=O) groups excluding carboxylic acids is 8. The number of carbonyl (C=O) groups is 8. The molecule has 1 spiro atoms. The number of Topliss-reactive ketones (excluding diaryl/α,β-unsaturated/α-hetero) is 1. The Kier molecular flexibility index (Phi) is 17.2. The smallest absolute Gasteiger partial charge is 0.415 e. The van der Waals surface area contributed by atoms with E-state index < -0.39 is 83.0 Å². The van der Waals surface area contributed by atoms with Crippen molar-refractivity contribution in [1.82, 2.24) is 41.7 Å². The SMILES string of the molecule is CC(=O)NC(CS)C(=O)NC(C)C(=O)NC(C)C(=O)NC(CCCCNC(=O)C(N)Cc1ccccc1)C(=O)NCCN(C)C(=O)OC1=C2O[C@H]3C(=O)CC[C@@]4(O)[C@H]5CC(C=C1)C2[C@@]34CCN5CC1CC1. The summed E-state index contributed by atoms with van der Waals surface area (Å²) in [4.78, 5) is 108. The molecular formula is C50H71N9O11S. The van der Waals surface area contributed by atoms with Crippen LogP contribution in [0.4, 0.5) is 4.79 Å². The summed E-state index contributed by atoms with van der Waals surface area (Å²) in [5, 5.41) is 28.4. The number of ketones is 1. The Balaban J connectivity index is 0.936.